The lowest BCUT2D eigenvalue weighted by molar-refractivity contribution is -0.120. The van der Waals surface area contributed by atoms with E-state index in [9.17, 15) is 14.4 Å². The highest BCUT2D eigenvalue weighted by Crippen LogP contribution is 2.08. The summed E-state index contributed by atoms with van der Waals surface area (Å²) in [6.45, 7) is 3.98. The summed E-state index contributed by atoms with van der Waals surface area (Å²) >= 11 is 0. The minimum Gasteiger partial charge on any atom is -0.476 e. The molecular formula is C12H19N5O4. The fraction of sp³-hybridized carbons (Fsp3) is 0.583. The van der Waals surface area contributed by atoms with Crippen LogP contribution in [-0.4, -0.2) is 44.6 Å². The second-order valence-corrected chi connectivity index (χ2v) is 4.40. The molecule has 0 saturated carbocycles. The summed E-state index contributed by atoms with van der Waals surface area (Å²) < 4.78 is 1.20. The van der Waals surface area contributed by atoms with Crippen LogP contribution in [0.5, 0.6) is 0 Å². The summed E-state index contributed by atoms with van der Waals surface area (Å²) in [6.07, 6.45) is 1.88. The summed E-state index contributed by atoms with van der Waals surface area (Å²) in [6, 6.07) is -0.586. The van der Waals surface area contributed by atoms with Gasteiger partial charge < -0.3 is 10.4 Å². The van der Waals surface area contributed by atoms with E-state index in [2.05, 4.69) is 20.9 Å². The van der Waals surface area contributed by atoms with E-state index in [1.54, 1.807) is 0 Å². The molecule has 0 spiro atoms. The Kier molecular flexibility index (Phi) is 6.31. The van der Waals surface area contributed by atoms with Crippen molar-refractivity contribution in [2.75, 3.05) is 6.54 Å². The lowest BCUT2D eigenvalue weighted by Gasteiger charge is -2.07. The van der Waals surface area contributed by atoms with Crippen LogP contribution < -0.4 is 10.6 Å². The number of hydrogen-bond donors (Lipinski definition) is 3. The van der Waals surface area contributed by atoms with Gasteiger partial charge in [-0.25, -0.2) is 14.3 Å². The highest BCUT2D eigenvalue weighted by molar-refractivity contribution is 5.94. The van der Waals surface area contributed by atoms with E-state index in [-0.39, 0.29) is 12.2 Å². The first kappa shape index (κ1) is 16.6. The molecule has 0 fully saturated rings. The zero-order chi connectivity index (χ0) is 15.8. The number of carboxylic acid groups (broad SMARTS) is 1. The molecule has 0 saturated heterocycles. The Morgan fingerprint density at radius 2 is 1.95 bits per heavy atom. The fourth-order valence-electron chi connectivity index (χ4n) is 1.70. The van der Waals surface area contributed by atoms with Gasteiger partial charge in [0.25, 0.3) is 0 Å². The van der Waals surface area contributed by atoms with Gasteiger partial charge in [-0.1, -0.05) is 25.5 Å². The molecule has 116 valence electrons. The molecule has 0 bridgehead atoms. The molecule has 3 N–H and O–H groups in total. The Morgan fingerprint density at radius 1 is 1.24 bits per heavy atom. The fourth-order valence-corrected chi connectivity index (χ4v) is 1.70. The van der Waals surface area contributed by atoms with Crippen LogP contribution in [0.3, 0.4) is 0 Å². The molecule has 0 aliphatic carbocycles. The van der Waals surface area contributed by atoms with Crippen LogP contribution in [0.1, 0.15) is 42.9 Å². The Balaban J connectivity index is 2.71. The van der Waals surface area contributed by atoms with E-state index in [0.29, 0.717) is 25.1 Å². The van der Waals surface area contributed by atoms with Crippen molar-refractivity contribution in [3.63, 3.8) is 0 Å². The van der Waals surface area contributed by atoms with E-state index in [1.165, 1.54) is 4.68 Å². The molecule has 0 aliphatic rings. The van der Waals surface area contributed by atoms with E-state index in [0.717, 1.165) is 6.42 Å². The van der Waals surface area contributed by atoms with Crippen molar-refractivity contribution < 1.29 is 19.5 Å². The maximum absolute atomic E-state index is 11.7. The first-order valence-corrected chi connectivity index (χ1v) is 6.72. The highest BCUT2D eigenvalue weighted by atomic mass is 16.4. The molecule has 0 aliphatic heterocycles. The number of aromatic nitrogens is 3. The number of amides is 3. The third-order valence-electron chi connectivity index (χ3n) is 2.61. The van der Waals surface area contributed by atoms with Crippen molar-refractivity contribution >= 4 is 17.9 Å². The van der Waals surface area contributed by atoms with Crippen molar-refractivity contribution in [2.45, 2.75) is 39.7 Å². The smallest absolute Gasteiger partial charge is 0.358 e. The van der Waals surface area contributed by atoms with E-state index >= 15 is 0 Å². The van der Waals surface area contributed by atoms with E-state index < -0.39 is 17.9 Å². The first-order chi connectivity index (χ1) is 9.99. The number of rotatable bonds is 7. The molecule has 9 nitrogen and oxygen atoms in total. The van der Waals surface area contributed by atoms with E-state index in [4.69, 9.17) is 5.11 Å². The standard InChI is InChI=1S/C12H19N5O4/c1-3-5-8-10(11(19)20)15-16-17(8)7-9(18)14-12(21)13-6-4-2/h3-7H2,1-2H3,(H,19,20)(H2,13,14,18,21). The number of carboxylic acids is 1. The van der Waals surface area contributed by atoms with Gasteiger partial charge in [0.2, 0.25) is 5.91 Å². The van der Waals surface area contributed by atoms with E-state index in [1.807, 2.05) is 13.8 Å². The third kappa shape index (κ3) is 4.86. The molecule has 1 aromatic rings. The van der Waals surface area contributed by atoms with Crippen molar-refractivity contribution in [1.82, 2.24) is 25.6 Å². The van der Waals surface area contributed by atoms with Gasteiger partial charge in [-0.3, -0.25) is 10.1 Å². The normalized spacial score (nSPS) is 10.2. The molecule has 1 heterocycles. The summed E-state index contributed by atoms with van der Waals surface area (Å²) in [4.78, 5) is 34.1. The van der Waals surface area contributed by atoms with Gasteiger partial charge >= 0.3 is 12.0 Å². The predicted molar refractivity (Wildman–Crippen MR) is 72.8 cm³/mol. The van der Waals surface area contributed by atoms with Crippen LogP contribution in [-0.2, 0) is 17.8 Å². The summed E-state index contributed by atoms with van der Waals surface area (Å²) in [7, 11) is 0. The average molecular weight is 297 g/mol. The number of urea groups is 1. The number of aromatic carboxylic acids is 1. The topological polar surface area (TPSA) is 126 Å². The van der Waals surface area contributed by atoms with Crippen LogP contribution in [0.15, 0.2) is 0 Å². The number of nitrogens with one attached hydrogen (secondary N) is 2. The number of carbonyl (C=O) groups is 3. The monoisotopic (exact) mass is 297 g/mol. The second kappa shape index (κ2) is 7.98. The SMILES string of the molecule is CCCNC(=O)NC(=O)Cn1nnc(C(=O)O)c1CCC. The molecule has 1 aromatic heterocycles. The quantitative estimate of drug-likeness (QED) is 0.658. The van der Waals surface area contributed by atoms with Crippen LogP contribution in [0, 0.1) is 0 Å². The molecule has 0 radical (unpaired) electrons. The van der Waals surface area contributed by atoms with Crippen molar-refractivity contribution in [2.24, 2.45) is 0 Å². The number of nitrogens with zero attached hydrogens (tertiary/aromatic N) is 3. The van der Waals surface area contributed by atoms with Gasteiger partial charge in [0.1, 0.15) is 6.54 Å². The van der Waals surface area contributed by atoms with Crippen LogP contribution in [0.2, 0.25) is 0 Å². The Morgan fingerprint density at radius 3 is 2.52 bits per heavy atom. The third-order valence-corrected chi connectivity index (χ3v) is 2.61. The van der Waals surface area contributed by atoms with Crippen molar-refractivity contribution in [3.8, 4) is 0 Å². The molecule has 0 unspecified atom stereocenters. The molecule has 9 heteroatoms. The van der Waals surface area contributed by atoms with Gasteiger partial charge in [-0.05, 0) is 12.8 Å². The highest BCUT2D eigenvalue weighted by Gasteiger charge is 2.20. The number of imide groups is 1. The number of carbonyl (C=O) groups excluding carboxylic acids is 2. The largest absolute Gasteiger partial charge is 0.476 e. The molecule has 1 rings (SSSR count). The summed E-state index contributed by atoms with van der Waals surface area (Å²) in [5.74, 6) is -1.77. The molecule has 0 aromatic carbocycles. The van der Waals surface area contributed by atoms with Crippen LogP contribution in [0.4, 0.5) is 4.79 Å². The lowest BCUT2D eigenvalue weighted by atomic mass is 10.2. The second-order valence-electron chi connectivity index (χ2n) is 4.40. The minimum atomic E-state index is -1.19. The van der Waals surface area contributed by atoms with Gasteiger partial charge in [0.15, 0.2) is 5.69 Å². The van der Waals surface area contributed by atoms with Gasteiger partial charge in [0, 0.05) is 6.54 Å². The summed E-state index contributed by atoms with van der Waals surface area (Å²) in [5, 5.41) is 20.9. The van der Waals surface area contributed by atoms with Gasteiger partial charge in [-0.2, -0.15) is 0 Å². The zero-order valence-corrected chi connectivity index (χ0v) is 12.0. The Labute approximate surface area is 121 Å². The molecule has 21 heavy (non-hydrogen) atoms. The van der Waals surface area contributed by atoms with Crippen molar-refractivity contribution in [3.05, 3.63) is 11.4 Å². The van der Waals surface area contributed by atoms with Crippen molar-refractivity contribution in [1.29, 1.82) is 0 Å². The molecular weight excluding hydrogens is 278 g/mol. The Hall–Kier alpha value is -2.45. The Bertz CT molecular complexity index is 526. The number of hydrogen-bond acceptors (Lipinski definition) is 5. The maximum atomic E-state index is 11.7. The average Bonchev–Trinajstić information content (AvgIpc) is 2.80. The minimum absolute atomic E-state index is 0.167. The predicted octanol–water partition coefficient (Wildman–Crippen LogP) is 0.165. The van der Waals surface area contributed by atoms with Gasteiger partial charge in [-0.15, -0.1) is 5.10 Å². The molecule has 3 amide bonds. The molecule has 0 atom stereocenters. The van der Waals surface area contributed by atoms with Crippen LogP contribution >= 0.6 is 0 Å². The summed E-state index contributed by atoms with van der Waals surface area (Å²) in [5.41, 5.74) is 0.203. The van der Waals surface area contributed by atoms with Gasteiger partial charge in [0.05, 0.1) is 5.69 Å². The zero-order valence-electron chi connectivity index (χ0n) is 12.0. The first-order valence-electron chi connectivity index (χ1n) is 6.72. The lowest BCUT2D eigenvalue weighted by Crippen LogP contribution is -2.41. The van der Waals surface area contributed by atoms with Crippen LogP contribution in [0.25, 0.3) is 0 Å². The maximum Gasteiger partial charge on any atom is 0.358 e.